The van der Waals surface area contributed by atoms with Crippen molar-refractivity contribution in [1.29, 1.82) is 0 Å². The molecule has 0 radical (unpaired) electrons. The summed E-state index contributed by atoms with van der Waals surface area (Å²) in [6.07, 6.45) is 1.84. The first-order valence-corrected chi connectivity index (χ1v) is 21.3. The minimum absolute atomic E-state index is 0.0886. The highest BCUT2D eigenvalue weighted by Gasteiger charge is 2.31. The molecule has 0 aromatic heterocycles. The summed E-state index contributed by atoms with van der Waals surface area (Å²) < 4.78 is 38.2. The number of hydrogen-bond donors (Lipinski definition) is 5. The third-order valence-electron chi connectivity index (χ3n) is 8.72. The normalized spacial score (nSPS) is 16.1. The number of aliphatic hydroxyl groups excluding tert-OH is 2. The van der Waals surface area contributed by atoms with E-state index in [1.165, 1.54) is 7.11 Å². The molecule has 0 aliphatic heterocycles. The molecule has 0 unspecified atom stereocenters. The van der Waals surface area contributed by atoms with Crippen molar-refractivity contribution in [3.63, 3.8) is 0 Å². The Morgan fingerprint density at radius 3 is 1.22 bits per heavy atom. The summed E-state index contributed by atoms with van der Waals surface area (Å²) in [5.41, 5.74) is -1.42. The standard InChI is InChI=1S/C22H43NO7.C21H41NO7/c1-9-12-29-19(17(16(4)24)11-10-15(2)3)14-28-13-18(20(25)27-8)23-21(26)30-22(5,6)7;1-8-11-28-18(16(15(4)23)10-9-14(2)3)13-27-12-17(19(24)25)22-20(26)29-21(5,6)7/h15-19,24H,9-14H2,1-8H3,(H,23,26);14-18,23H,8-13H2,1-7H3,(H,22,26)(H,24,25)/t16-,17-,18-,19-;15-,16-,17-,18-/m00/s1. The van der Waals surface area contributed by atoms with Gasteiger partial charge in [0.25, 0.3) is 0 Å². The smallest absolute Gasteiger partial charge is 0.408 e. The summed E-state index contributed by atoms with van der Waals surface area (Å²) in [4.78, 5) is 47.4. The molecule has 5 N–H and O–H groups in total. The Kier molecular flexibility index (Phi) is 30.8. The molecular formula is C43H84N2O14. The lowest BCUT2D eigenvalue weighted by molar-refractivity contribution is -0.146. The van der Waals surface area contributed by atoms with E-state index in [0.29, 0.717) is 25.0 Å². The van der Waals surface area contributed by atoms with Gasteiger partial charge in [-0.3, -0.25) is 0 Å². The van der Waals surface area contributed by atoms with Crippen LogP contribution >= 0.6 is 0 Å². The average Bonchev–Trinajstić information content (AvgIpc) is 3.09. The first-order valence-electron chi connectivity index (χ1n) is 21.3. The van der Waals surface area contributed by atoms with Gasteiger partial charge in [0, 0.05) is 25.0 Å². The summed E-state index contributed by atoms with van der Waals surface area (Å²) in [7, 11) is 1.24. The molecule has 0 heterocycles. The zero-order valence-electron chi connectivity index (χ0n) is 39.1. The molecule has 0 aromatic carbocycles. The van der Waals surface area contributed by atoms with Gasteiger partial charge in [0.2, 0.25) is 0 Å². The average molecular weight is 853 g/mol. The fourth-order valence-electron chi connectivity index (χ4n) is 5.65. The van der Waals surface area contributed by atoms with E-state index < -0.39 is 59.6 Å². The van der Waals surface area contributed by atoms with Crippen molar-refractivity contribution in [2.45, 2.75) is 183 Å². The Hall–Kier alpha value is -2.76. The minimum Gasteiger partial charge on any atom is -0.480 e. The SMILES string of the molecule is CCCO[C@@H](COC[C@H](NC(=O)OC(C)(C)C)C(=O)O)[C@@H](CCC(C)C)[C@H](C)O.CCCO[C@@H](COC[C@H](NC(=O)OC(C)(C)C)C(=O)OC)[C@@H](CCC(C)C)[C@H](C)O. The zero-order valence-corrected chi connectivity index (χ0v) is 39.1. The molecule has 8 atom stereocenters. The molecule has 0 saturated heterocycles. The maximum atomic E-state index is 12.0. The molecule has 0 fully saturated rings. The van der Waals surface area contributed by atoms with Gasteiger partial charge in [-0.15, -0.1) is 0 Å². The van der Waals surface area contributed by atoms with E-state index in [4.69, 9.17) is 33.2 Å². The van der Waals surface area contributed by atoms with Crippen LogP contribution < -0.4 is 10.6 Å². The first-order chi connectivity index (χ1) is 27.3. The van der Waals surface area contributed by atoms with Gasteiger partial charge >= 0.3 is 24.1 Å². The lowest BCUT2D eigenvalue weighted by atomic mass is 9.89. The highest BCUT2D eigenvalue weighted by molar-refractivity contribution is 5.81. The second-order valence-electron chi connectivity index (χ2n) is 17.9. The van der Waals surface area contributed by atoms with Crippen LogP contribution in [0.25, 0.3) is 0 Å². The number of alkyl carbamates (subject to hydrolysis) is 2. The Morgan fingerprint density at radius 2 is 0.932 bits per heavy atom. The molecule has 59 heavy (non-hydrogen) atoms. The van der Waals surface area contributed by atoms with Crippen molar-refractivity contribution in [2.75, 3.05) is 46.8 Å². The maximum Gasteiger partial charge on any atom is 0.408 e. The molecule has 0 bridgehead atoms. The van der Waals surface area contributed by atoms with Crippen LogP contribution in [0.1, 0.15) is 135 Å². The van der Waals surface area contributed by atoms with Gasteiger partial charge in [0.05, 0.1) is 58.0 Å². The Bertz CT molecular complexity index is 1140. The highest BCUT2D eigenvalue weighted by Crippen LogP contribution is 2.24. The topological polar surface area (TPSA) is 218 Å². The van der Waals surface area contributed by atoms with Crippen LogP contribution in [0.4, 0.5) is 9.59 Å². The predicted octanol–water partition coefficient (Wildman–Crippen LogP) is 6.51. The third-order valence-corrected chi connectivity index (χ3v) is 8.72. The van der Waals surface area contributed by atoms with Gasteiger partial charge in [0.1, 0.15) is 11.2 Å². The van der Waals surface area contributed by atoms with Crippen LogP contribution in [0.3, 0.4) is 0 Å². The van der Waals surface area contributed by atoms with E-state index in [0.717, 1.165) is 38.5 Å². The lowest BCUT2D eigenvalue weighted by Gasteiger charge is -2.30. The molecule has 16 heteroatoms. The fraction of sp³-hybridized carbons (Fsp3) is 0.907. The number of carboxylic acid groups (broad SMARTS) is 1. The first kappa shape index (κ1) is 58.3. The number of aliphatic hydroxyl groups is 2. The van der Waals surface area contributed by atoms with Crippen LogP contribution in [0.15, 0.2) is 0 Å². The molecule has 0 aliphatic rings. The third kappa shape index (κ3) is 30.9. The van der Waals surface area contributed by atoms with Gasteiger partial charge in [-0.05, 0) is 92.9 Å². The molecule has 0 aliphatic carbocycles. The number of esters is 1. The van der Waals surface area contributed by atoms with Gasteiger partial charge in [-0.1, -0.05) is 54.4 Å². The summed E-state index contributed by atoms with van der Waals surface area (Å²) in [5, 5.41) is 34.6. The number of carboxylic acids is 1. The second-order valence-corrected chi connectivity index (χ2v) is 17.9. The van der Waals surface area contributed by atoms with Crippen molar-refractivity contribution in [1.82, 2.24) is 10.6 Å². The van der Waals surface area contributed by atoms with Crippen molar-refractivity contribution >= 4 is 24.1 Å². The Labute approximate surface area is 355 Å². The summed E-state index contributed by atoms with van der Waals surface area (Å²) in [5.74, 6) is -1.04. The number of carbonyl (C=O) groups is 4. The monoisotopic (exact) mass is 853 g/mol. The second kappa shape index (κ2) is 31.1. The number of aliphatic carboxylic acids is 1. The number of amides is 2. The molecule has 0 saturated carbocycles. The molecule has 0 aromatic rings. The van der Waals surface area contributed by atoms with Crippen molar-refractivity contribution in [2.24, 2.45) is 23.7 Å². The Morgan fingerprint density at radius 1 is 0.576 bits per heavy atom. The van der Waals surface area contributed by atoms with E-state index in [1.54, 1.807) is 55.4 Å². The number of hydrogen-bond acceptors (Lipinski definition) is 13. The molecule has 0 spiro atoms. The van der Waals surface area contributed by atoms with Gasteiger partial charge in [0.15, 0.2) is 12.1 Å². The van der Waals surface area contributed by atoms with Crippen molar-refractivity contribution < 1.29 is 67.7 Å². The van der Waals surface area contributed by atoms with Gasteiger partial charge in [-0.2, -0.15) is 0 Å². The summed E-state index contributed by atoms with van der Waals surface area (Å²) in [6.45, 7) is 27.4. The quantitative estimate of drug-likeness (QED) is 0.0419. The van der Waals surface area contributed by atoms with Crippen LogP contribution in [-0.2, 0) is 42.7 Å². The van der Waals surface area contributed by atoms with E-state index in [2.05, 4.69) is 38.3 Å². The molecule has 2 amide bonds. The number of rotatable bonds is 28. The van der Waals surface area contributed by atoms with Crippen molar-refractivity contribution in [3.05, 3.63) is 0 Å². The number of ether oxygens (including phenoxy) is 7. The van der Waals surface area contributed by atoms with E-state index in [-0.39, 0.29) is 50.5 Å². The number of methoxy groups -OCH3 is 1. The Balaban J connectivity index is 0. The summed E-state index contributed by atoms with van der Waals surface area (Å²) >= 11 is 0. The van der Waals surface area contributed by atoms with Crippen LogP contribution in [0.5, 0.6) is 0 Å². The van der Waals surface area contributed by atoms with Crippen LogP contribution in [0, 0.1) is 23.7 Å². The largest absolute Gasteiger partial charge is 0.480 e. The van der Waals surface area contributed by atoms with Crippen LogP contribution in [-0.4, -0.2) is 134 Å². The number of nitrogens with one attached hydrogen (secondary N) is 2. The summed E-state index contributed by atoms with van der Waals surface area (Å²) in [6, 6.07) is -2.24. The van der Waals surface area contributed by atoms with Gasteiger partial charge < -0.3 is 59.1 Å². The minimum atomic E-state index is -1.24. The van der Waals surface area contributed by atoms with E-state index in [9.17, 15) is 34.5 Å². The van der Waals surface area contributed by atoms with Crippen molar-refractivity contribution in [3.8, 4) is 0 Å². The molecule has 350 valence electrons. The lowest BCUT2D eigenvalue weighted by Crippen LogP contribution is -2.47. The van der Waals surface area contributed by atoms with Crippen LogP contribution in [0.2, 0.25) is 0 Å². The van der Waals surface area contributed by atoms with E-state index in [1.807, 2.05) is 13.8 Å². The van der Waals surface area contributed by atoms with E-state index >= 15 is 0 Å². The maximum absolute atomic E-state index is 12.0. The zero-order chi connectivity index (χ0) is 45.9. The molecular weight excluding hydrogens is 768 g/mol. The highest BCUT2D eigenvalue weighted by atomic mass is 16.6. The predicted molar refractivity (Wildman–Crippen MR) is 226 cm³/mol. The molecule has 16 nitrogen and oxygen atoms in total. The fourth-order valence-corrected chi connectivity index (χ4v) is 5.65. The van der Waals surface area contributed by atoms with Gasteiger partial charge in [-0.25, -0.2) is 19.2 Å². The molecule has 0 rings (SSSR count). The number of carbonyl (C=O) groups excluding carboxylic acids is 3.